The van der Waals surface area contributed by atoms with Gasteiger partial charge in [-0.2, -0.15) is 0 Å². The standard InChI is InChI=1S/C25H34O2/c1-3-5-15-22(19-20-13-9-7-10-14-20)23(18-6-4-2)24(25(26)27)21-16-11-8-12-17-21/h7-14,16-17,22-24H,3-6,15,18-19H2,1-2H3,(H,26,27). The highest BCUT2D eigenvalue weighted by Crippen LogP contribution is 2.38. The zero-order valence-electron chi connectivity index (χ0n) is 16.8. The van der Waals surface area contributed by atoms with Crippen LogP contribution >= 0.6 is 0 Å². The monoisotopic (exact) mass is 366 g/mol. The maximum Gasteiger partial charge on any atom is 0.311 e. The Hall–Kier alpha value is -2.09. The Balaban J connectivity index is 2.35. The smallest absolute Gasteiger partial charge is 0.311 e. The average Bonchev–Trinajstić information content (AvgIpc) is 2.69. The summed E-state index contributed by atoms with van der Waals surface area (Å²) >= 11 is 0. The fourth-order valence-electron chi connectivity index (χ4n) is 4.20. The number of carboxylic acid groups (broad SMARTS) is 1. The maximum absolute atomic E-state index is 12.3. The molecule has 27 heavy (non-hydrogen) atoms. The Morgan fingerprint density at radius 2 is 1.41 bits per heavy atom. The van der Waals surface area contributed by atoms with Crippen molar-refractivity contribution in [3.05, 3.63) is 71.8 Å². The lowest BCUT2D eigenvalue weighted by atomic mass is 9.71. The Bertz CT molecular complexity index is 651. The summed E-state index contributed by atoms with van der Waals surface area (Å²) in [6.45, 7) is 4.40. The van der Waals surface area contributed by atoms with Crippen molar-refractivity contribution in [2.24, 2.45) is 11.8 Å². The fourth-order valence-corrected chi connectivity index (χ4v) is 4.20. The van der Waals surface area contributed by atoms with Gasteiger partial charge < -0.3 is 5.11 Å². The molecule has 0 heterocycles. The molecule has 0 amide bonds. The molecule has 0 fully saturated rings. The van der Waals surface area contributed by atoms with E-state index >= 15 is 0 Å². The Morgan fingerprint density at radius 1 is 0.852 bits per heavy atom. The van der Waals surface area contributed by atoms with E-state index in [1.807, 2.05) is 36.4 Å². The molecule has 3 atom stereocenters. The zero-order valence-corrected chi connectivity index (χ0v) is 16.8. The SMILES string of the molecule is CCCCC(Cc1ccccc1)C(CCCC)C(C(=O)O)c1ccccc1. The molecule has 0 saturated carbocycles. The van der Waals surface area contributed by atoms with Crippen molar-refractivity contribution in [1.82, 2.24) is 0 Å². The summed E-state index contributed by atoms with van der Waals surface area (Å²) in [7, 11) is 0. The van der Waals surface area contributed by atoms with Crippen molar-refractivity contribution >= 4 is 5.97 Å². The van der Waals surface area contributed by atoms with E-state index in [-0.39, 0.29) is 5.92 Å². The van der Waals surface area contributed by atoms with E-state index in [1.165, 1.54) is 5.56 Å². The quantitative estimate of drug-likeness (QED) is 0.453. The van der Waals surface area contributed by atoms with Gasteiger partial charge in [-0.15, -0.1) is 0 Å². The van der Waals surface area contributed by atoms with Crippen molar-refractivity contribution in [3.63, 3.8) is 0 Å². The first kappa shape index (κ1) is 21.2. The number of carboxylic acids is 1. The van der Waals surface area contributed by atoms with Crippen LogP contribution in [-0.4, -0.2) is 11.1 Å². The molecule has 2 rings (SSSR count). The molecule has 0 aliphatic heterocycles. The van der Waals surface area contributed by atoms with Gasteiger partial charge in [-0.05, 0) is 42.2 Å². The molecule has 0 spiro atoms. The van der Waals surface area contributed by atoms with Gasteiger partial charge in [0.05, 0.1) is 5.92 Å². The number of hydrogen-bond acceptors (Lipinski definition) is 1. The lowest BCUT2D eigenvalue weighted by molar-refractivity contribution is -0.141. The molecule has 0 aromatic heterocycles. The lowest BCUT2D eigenvalue weighted by Gasteiger charge is -2.32. The van der Waals surface area contributed by atoms with Gasteiger partial charge in [0.15, 0.2) is 0 Å². The molecule has 2 aromatic carbocycles. The van der Waals surface area contributed by atoms with E-state index in [4.69, 9.17) is 0 Å². The third kappa shape index (κ3) is 6.53. The molecule has 0 radical (unpaired) electrons. The normalized spacial score (nSPS) is 14.4. The van der Waals surface area contributed by atoms with Gasteiger partial charge in [0, 0.05) is 0 Å². The van der Waals surface area contributed by atoms with Crippen molar-refractivity contribution in [2.75, 3.05) is 0 Å². The van der Waals surface area contributed by atoms with Crippen LogP contribution in [0.15, 0.2) is 60.7 Å². The lowest BCUT2D eigenvalue weighted by Crippen LogP contribution is -2.29. The van der Waals surface area contributed by atoms with Crippen LogP contribution in [-0.2, 0) is 11.2 Å². The Labute approximate surface area is 164 Å². The summed E-state index contributed by atoms with van der Waals surface area (Å²) in [6.07, 6.45) is 7.52. The van der Waals surface area contributed by atoms with Crippen LogP contribution in [0, 0.1) is 11.8 Å². The maximum atomic E-state index is 12.3. The number of rotatable bonds is 12. The minimum Gasteiger partial charge on any atom is -0.481 e. The summed E-state index contributed by atoms with van der Waals surface area (Å²) < 4.78 is 0. The first-order valence-corrected chi connectivity index (χ1v) is 10.5. The highest BCUT2D eigenvalue weighted by molar-refractivity contribution is 5.76. The number of aliphatic carboxylic acids is 1. The summed E-state index contributed by atoms with van der Waals surface area (Å²) in [5, 5.41) is 10.1. The molecule has 0 aliphatic carbocycles. The van der Waals surface area contributed by atoms with Crippen LogP contribution in [0.2, 0.25) is 0 Å². The van der Waals surface area contributed by atoms with Gasteiger partial charge >= 0.3 is 5.97 Å². The fraction of sp³-hybridized carbons (Fsp3) is 0.480. The predicted molar refractivity (Wildman–Crippen MR) is 113 cm³/mol. The van der Waals surface area contributed by atoms with Crippen molar-refractivity contribution in [3.8, 4) is 0 Å². The van der Waals surface area contributed by atoms with E-state index in [9.17, 15) is 9.90 Å². The van der Waals surface area contributed by atoms with E-state index < -0.39 is 11.9 Å². The molecule has 0 aliphatic rings. The molecule has 1 N–H and O–H groups in total. The molecule has 3 unspecified atom stereocenters. The largest absolute Gasteiger partial charge is 0.481 e. The molecule has 0 bridgehead atoms. The topological polar surface area (TPSA) is 37.3 Å². The zero-order chi connectivity index (χ0) is 19.5. The predicted octanol–water partition coefficient (Wildman–Crippen LogP) is 6.71. The number of hydrogen-bond donors (Lipinski definition) is 1. The number of benzene rings is 2. The number of carbonyl (C=O) groups is 1. The van der Waals surface area contributed by atoms with Crippen molar-refractivity contribution < 1.29 is 9.90 Å². The van der Waals surface area contributed by atoms with Crippen LogP contribution in [0.3, 0.4) is 0 Å². The van der Waals surface area contributed by atoms with Gasteiger partial charge in [-0.3, -0.25) is 4.79 Å². The molecule has 2 heteroatoms. The van der Waals surface area contributed by atoms with E-state index in [0.717, 1.165) is 50.5 Å². The third-order valence-corrected chi connectivity index (χ3v) is 5.62. The summed E-state index contributed by atoms with van der Waals surface area (Å²) in [6, 6.07) is 20.4. The summed E-state index contributed by atoms with van der Waals surface area (Å²) in [4.78, 5) is 12.3. The van der Waals surface area contributed by atoms with Crippen LogP contribution in [0.4, 0.5) is 0 Å². The molecule has 2 aromatic rings. The first-order chi connectivity index (χ1) is 13.2. The Morgan fingerprint density at radius 3 is 1.96 bits per heavy atom. The summed E-state index contributed by atoms with van der Waals surface area (Å²) in [5.74, 6) is -0.558. The first-order valence-electron chi connectivity index (χ1n) is 10.5. The molecular weight excluding hydrogens is 332 g/mol. The van der Waals surface area contributed by atoms with Crippen molar-refractivity contribution in [1.29, 1.82) is 0 Å². The van der Waals surface area contributed by atoms with E-state index in [0.29, 0.717) is 5.92 Å². The third-order valence-electron chi connectivity index (χ3n) is 5.62. The minimum atomic E-state index is -0.683. The molecular formula is C25H34O2. The average molecular weight is 367 g/mol. The van der Waals surface area contributed by atoms with Crippen LogP contribution < -0.4 is 0 Å². The highest BCUT2D eigenvalue weighted by atomic mass is 16.4. The second-order valence-corrected chi connectivity index (χ2v) is 7.62. The second kappa shape index (κ2) is 11.6. The van der Waals surface area contributed by atoms with Gasteiger partial charge in [0.2, 0.25) is 0 Å². The van der Waals surface area contributed by atoms with Crippen LogP contribution in [0.1, 0.15) is 69.4 Å². The highest BCUT2D eigenvalue weighted by Gasteiger charge is 2.34. The molecule has 2 nitrogen and oxygen atoms in total. The van der Waals surface area contributed by atoms with Crippen LogP contribution in [0.5, 0.6) is 0 Å². The number of unbranched alkanes of at least 4 members (excludes halogenated alkanes) is 2. The van der Waals surface area contributed by atoms with E-state index in [2.05, 4.69) is 38.1 Å². The van der Waals surface area contributed by atoms with Gasteiger partial charge in [-0.25, -0.2) is 0 Å². The molecule has 146 valence electrons. The molecule has 0 saturated heterocycles. The van der Waals surface area contributed by atoms with Gasteiger partial charge in [-0.1, -0.05) is 100 Å². The van der Waals surface area contributed by atoms with E-state index in [1.54, 1.807) is 0 Å². The minimum absolute atomic E-state index is 0.164. The van der Waals surface area contributed by atoms with Gasteiger partial charge in [0.25, 0.3) is 0 Å². The van der Waals surface area contributed by atoms with Crippen LogP contribution in [0.25, 0.3) is 0 Å². The summed E-state index contributed by atoms with van der Waals surface area (Å²) in [5.41, 5.74) is 2.26. The Kier molecular flexibility index (Phi) is 9.10. The van der Waals surface area contributed by atoms with Crippen molar-refractivity contribution in [2.45, 2.75) is 64.7 Å². The van der Waals surface area contributed by atoms with Gasteiger partial charge in [0.1, 0.15) is 0 Å². The second-order valence-electron chi connectivity index (χ2n) is 7.62.